The molecule has 0 radical (unpaired) electrons. The van der Waals surface area contributed by atoms with Gasteiger partial charge in [0, 0.05) is 36.9 Å². The van der Waals surface area contributed by atoms with Gasteiger partial charge >= 0.3 is 0 Å². The lowest BCUT2D eigenvalue weighted by molar-refractivity contribution is -0.384. The van der Waals surface area contributed by atoms with Gasteiger partial charge in [-0.25, -0.2) is 4.39 Å². The number of anilines is 1. The summed E-state index contributed by atoms with van der Waals surface area (Å²) in [5.41, 5.74) is -0.308. The highest BCUT2D eigenvalue weighted by Crippen LogP contribution is 2.57. The normalized spacial score (nSPS) is 32.6. The Morgan fingerprint density at radius 1 is 1.26 bits per heavy atom. The molecule has 1 heterocycles. The zero-order valence-corrected chi connectivity index (χ0v) is 21.0. The number of thioether (sulfide) groups is 1. The highest BCUT2D eigenvalue weighted by molar-refractivity contribution is 8.14. The van der Waals surface area contributed by atoms with Crippen molar-refractivity contribution in [3.8, 4) is 0 Å². The summed E-state index contributed by atoms with van der Waals surface area (Å²) in [5, 5.41) is 14.6. The van der Waals surface area contributed by atoms with Gasteiger partial charge in [-0.15, -0.1) is 12.4 Å². The first-order chi connectivity index (χ1) is 15.8. The molecule has 1 aromatic carbocycles. The minimum Gasteiger partial charge on any atom is -0.347 e. The van der Waals surface area contributed by atoms with Crippen LogP contribution in [0.15, 0.2) is 23.2 Å². The second kappa shape index (κ2) is 10.0. The minimum absolute atomic E-state index is 0. The smallest absolute Gasteiger partial charge is 0.271 e. The number of nitrogens with one attached hydrogen (secondary N) is 1. The number of non-ortho nitro benzene ring substituents is 1. The van der Waals surface area contributed by atoms with Crippen LogP contribution in [0.3, 0.4) is 0 Å². The lowest BCUT2D eigenvalue weighted by atomic mass is 9.53. The van der Waals surface area contributed by atoms with E-state index in [1.807, 2.05) is 0 Å². The van der Waals surface area contributed by atoms with E-state index >= 15 is 0 Å². The first-order valence-corrected chi connectivity index (χ1v) is 13.1. The molecule has 1 atom stereocenters. The lowest BCUT2D eigenvalue weighted by Crippen LogP contribution is -2.50. The van der Waals surface area contributed by atoms with Crippen molar-refractivity contribution in [1.29, 1.82) is 0 Å². The summed E-state index contributed by atoms with van der Waals surface area (Å²) in [6.45, 7) is 2.96. The number of hydrogen-bond donors (Lipinski definition) is 1. The van der Waals surface area contributed by atoms with Crippen LogP contribution in [0.4, 0.5) is 15.8 Å². The van der Waals surface area contributed by atoms with Crippen LogP contribution in [0.5, 0.6) is 0 Å². The Morgan fingerprint density at radius 2 is 1.91 bits per heavy atom. The largest absolute Gasteiger partial charge is 0.347 e. The maximum absolute atomic E-state index is 14.1. The van der Waals surface area contributed by atoms with E-state index in [4.69, 9.17) is 4.99 Å². The number of carbonyl (C=O) groups is 1. The second-order valence-electron chi connectivity index (χ2n) is 10.4. The van der Waals surface area contributed by atoms with Gasteiger partial charge in [0.05, 0.1) is 16.1 Å². The molecule has 5 fully saturated rings. The molecular weight excluding hydrogens is 479 g/mol. The molecule has 34 heavy (non-hydrogen) atoms. The Hall–Kier alpha value is -1.87. The predicted octanol–water partition coefficient (Wildman–Crippen LogP) is 5.64. The third-order valence-electron chi connectivity index (χ3n) is 7.75. The molecule has 10 heteroatoms. The summed E-state index contributed by atoms with van der Waals surface area (Å²) in [7, 11) is 0. The third-order valence-corrected chi connectivity index (χ3v) is 8.89. The highest BCUT2D eigenvalue weighted by atomic mass is 35.5. The van der Waals surface area contributed by atoms with E-state index in [2.05, 4.69) is 17.1 Å². The fourth-order valence-electron chi connectivity index (χ4n) is 6.83. The Morgan fingerprint density at radius 3 is 2.50 bits per heavy atom. The van der Waals surface area contributed by atoms with Crippen molar-refractivity contribution >= 4 is 46.6 Å². The fraction of sp³-hybridized carbons (Fsp3) is 0.667. The van der Waals surface area contributed by atoms with E-state index in [0.29, 0.717) is 0 Å². The number of aliphatic imine (C=N–C) groups is 1. The molecular formula is C24H32ClFN4O3S. The molecule has 4 saturated carbocycles. The van der Waals surface area contributed by atoms with E-state index in [0.717, 1.165) is 59.8 Å². The SMILES string of the molecule is CCCN1C(=NC23CC4CC(CC(C4)C2)C3)SCC1CC(=O)Nc1cc([N+](=O)[O-])ccc1F.Cl. The van der Waals surface area contributed by atoms with Crippen LogP contribution in [0.25, 0.3) is 0 Å². The molecule has 186 valence electrons. The number of rotatable bonds is 7. The molecule has 0 aromatic heterocycles. The highest BCUT2D eigenvalue weighted by Gasteiger charge is 2.51. The van der Waals surface area contributed by atoms with Crippen molar-refractivity contribution in [2.24, 2.45) is 22.7 Å². The van der Waals surface area contributed by atoms with Crippen LogP contribution >= 0.6 is 24.2 Å². The molecule has 1 N–H and O–H groups in total. The average Bonchev–Trinajstić information content (AvgIpc) is 3.09. The number of nitro benzene ring substituents is 1. The Balaban J connectivity index is 0.00000274. The molecule has 7 nitrogen and oxygen atoms in total. The van der Waals surface area contributed by atoms with Gasteiger partial charge in [-0.2, -0.15) is 0 Å². The van der Waals surface area contributed by atoms with Gasteiger partial charge in [0.2, 0.25) is 5.91 Å². The van der Waals surface area contributed by atoms with E-state index in [1.54, 1.807) is 11.8 Å². The summed E-state index contributed by atoms with van der Waals surface area (Å²) < 4.78 is 14.1. The average molecular weight is 511 g/mol. The number of carbonyl (C=O) groups excluding carboxylic acids is 1. The van der Waals surface area contributed by atoms with Crippen LogP contribution < -0.4 is 5.32 Å². The zero-order valence-electron chi connectivity index (χ0n) is 19.4. The Labute approximate surface area is 209 Å². The van der Waals surface area contributed by atoms with E-state index < -0.39 is 10.7 Å². The molecule has 1 aliphatic heterocycles. The van der Waals surface area contributed by atoms with Crippen LogP contribution in [-0.4, -0.2) is 44.8 Å². The fourth-order valence-corrected chi connectivity index (χ4v) is 8.13. The lowest BCUT2D eigenvalue weighted by Gasteiger charge is -2.55. The van der Waals surface area contributed by atoms with Crippen molar-refractivity contribution in [2.75, 3.05) is 17.6 Å². The molecule has 1 aromatic rings. The summed E-state index contributed by atoms with van der Waals surface area (Å²) in [5.74, 6) is 2.26. The molecule has 6 rings (SSSR count). The van der Waals surface area contributed by atoms with Gasteiger partial charge in [0.15, 0.2) is 5.17 Å². The molecule has 1 amide bonds. The van der Waals surface area contributed by atoms with Gasteiger partial charge < -0.3 is 10.2 Å². The number of benzene rings is 1. The summed E-state index contributed by atoms with van der Waals surface area (Å²) >= 11 is 1.74. The number of nitro groups is 1. The van der Waals surface area contributed by atoms with Crippen molar-refractivity contribution < 1.29 is 14.1 Å². The number of amides is 1. The Bertz CT molecular complexity index is 956. The first kappa shape index (κ1) is 25.2. The molecule has 1 saturated heterocycles. The van der Waals surface area contributed by atoms with Gasteiger partial charge in [0.25, 0.3) is 5.69 Å². The van der Waals surface area contributed by atoms with E-state index in [9.17, 15) is 19.3 Å². The second-order valence-corrected chi connectivity index (χ2v) is 11.4. The van der Waals surface area contributed by atoms with Gasteiger partial charge in [-0.1, -0.05) is 18.7 Å². The van der Waals surface area contributed by atoms with Crippen molar-refractivity contribution in [3.05, 3.63) is 34.1 Å². The van der Waals surface area contributed by atoms with Gasteiger partial charge in [0.1, 0.15) is 5.82 Å². The van der Waals surface area contributed by atoms with Crippen molar-refractivity contribution in [3.63, 3.8) is 0 Å². The first-order valence-electron chi connectivity index (χ1n) is 12.1. The van der Waals surface area contributed by atoms with E-state index in [-0.39, 0.29) is 47.7 Å². The number of halogens is 2. The summed E-state index contributed by atoms with van der Waals surface area (Å²) in [6.07, 6.45) is 8.93. The maximum Gasteiger partial charge on any atom is 0.271 e. The van der Waals surface area contributed by atoms with Crippen LogP contribution in [0.1, 0.15) is 58.3 Å². The van der Waals surface area contributed by atoms with Crippen LogP contribution in [0.2, 0.25) is 0 Å². The topological polar surface area (TPSA) is 87.8 Å². The van der Waals surface area contributed by atoms with Gasteiger partial charge in [-0.3, -0.25) is 19.9 Å². The monoisotopic (exact) mass is 510 g/mol. The van der Waals surface area contributed by atoms with Crippen molar-refractivity contribution in [2.45, 2.75) is 69.9 Å². The third kappa shape index (κ3) is 5.05. The van der Waals surface area contributed by atoms with Crippen molar-refractivity contribution in [1.82, 2.24) is 4.90 Å². The summed E-state index contributed by atoms with van der Waals surface area (Å²) in [4.78, 5) is 30.8. The number of hydrogen-bond acceptors (Lipinski definition) is 5. The number of nitrogens with zero attached hydrogens (tertiary/aromatic N) is 3. The molecule has 1 unspecified atom stereocenters. The van der Waals surface area contributed by atoms with Crippen LogP contribution in [-0.2, 0) is 4.79 Å². The maximum atomic E-state index is 14.1. The molecule has 0 spiro atoms. The quantitative estimate of drug-likeness (QED) is 0.379. The number of amidine groups is 1. The molecule has 4 bridgehead atoms. The minimum atomic E-state index is -0.677. The summed E-state index contributed by atoms with van der Waals surface area (Å²) in [6, 6.07) is 3.16. The van der Waals surface area contributed by atoms with Crippen LogP contribution in [0, 0.1) is 33.7 Å². The molecule has 5 aliphatic rings. The van der Waals surface area contributed by atoms with E-state index in [1.165, 1.54) is 38.5 Å². The predicted molar refractivity (Wildman–Crippen MR) is 135 cm³/mol. The zero-order chi connectivity index (χ0) is 23.2. The molecule has 4 aliphatic carbocycles. The Kier molecular flexibility index (Phi) is 7.43. The van der Waals surface area contributed by atoms with Gasteiger partial charge in [-0.05, 0) is 68.8 Å². The standard InChI is InChI=1S/C24H31FN4O3S.ClH/c1-2-5-28-19(10-22(30)26-21-9-18(29(31)32)3-4-20(21)25)14-33-23(28)27-24-11-15-6-16(12-24)8-17(7-15)13-24;/h3-4,9,15-17,19H,2,5-8,10-14H2,1H3,(H,26,30);1H.